The van der Waals surface area contributed by atoms with E-state index in [9.17, 15) is 13.2 Å². The van der Waals surface area contributed by atoms with E-state index < -0.39 is 16.1 Å². The maximum atomic E-state index is 12.1. The van der Waals surface area contributed by atoms with Gasteiger partial charge in [-0.05, 0) is 38.0 Å². The van der Waals surface area contributed by atoms with Crippen LogP contribution in [0, 0.1) is 6.92 Å². The van der Waals surface area contributed by atoms with E-state index in [2.05, 4.69) is 5.32 Å². The van der Waals surface area contributed by atoms with Gasteiger partial charge in [0.1, 0.15) is 0 Å². The fourth-order valence-electron chi connectivity index (χ4n) is 1.66. The van der Waals surface area contributed by atoms with Crippen LogP contribution in [-0.4, -0.2) is 43.9 Å². The van der Waals surface area contributed by atoms with E-state index in [4.69, 9.17) is 5.11 Å². The first-order valence-electron chi connectivity index (χ1n) is 6.65. The average Bonchev–Trinajstić information content (AvgIpc) is 2.38. The summed E-state index contributed by atoms with van der Waals surface area (Å²) in [7, 11) is -0.627. The van der Waals surface area contributed by atoms with Gasteiger partial charge in [0.05, 0.1) is 11.0 Å². The van der Waals surface area contributed by atoms with Crippen LogP contribution in [0.25, 0.3) is 0 Å². The molecule has 0 fully saturated rings. The molecule has 0 aliphatic heterocycles. The number of nitrogens with zero attached hydrogens (tertiary/aromatic N) is 1. The quantitative estimate of drug-likeness (QED) is 0.829. The summed E-state index contributed by atoms with van der Waals surface area (Å²) in [6.07, 6.45) is -0.000186. The molecule has 0 heterocycles. The molecule has 1 unspecified atom stereocenters. The van der Waals surface area contributed by atoms with Gasteiger partial charge in [0, 0.05) is 26.2 Å². The Bertz CT molecular complexity index is 609. The highest BCUT2D eigenvalue weighted by Gasteiger charge is 2.18. The first kappa shape index (κ1) is 17.6. The Hall–Kier alpha value is -1.44. The molecule has 2 N–H and O–H groups in total. The Morgan fingerprint density at radius 2 is 2.00 bits per heavy atom. The van der Waals surface area contributed by atoms with Gasteiger partial charge in [0.25, 0.3) is 0 Å². The number of carbonyl (C=O) groups is 1. The summed E-state index contributed by atoms with van der Waals surface area (Å²) in [4.78, 5) is 11.9. The molecular formula is C14H22N2O4S. The number of amides is 1. The SMILES string of the molecule is Cc1ccc(S(=O)(=O)N(C)C)cc1NC(=O)CCC(C)O. The molecule has 0 aliphatic carbocycles. The van der Waals surface area contributed by atoms with Gasteiger partial charge in [-0.3, -0.25) is 4.79 Å². The molecule has 1 atom stereocenters. The minimum absolute atomic E-state index is 0.129. The Kier molecular flexibility index (Phi) is 5.88. The van der Waals surface area contributed by atoms with Gasteiger partial charge in [-0.15, -0.1) is 0 Å². The number of rotatable bonds is 6. The van der Waals surface area contributed by atoms with Crippen molar-refractivity contribution >= 4 is 21.6 Å². The normalized spacial score (nSPS) is 13.2. The fourth-order valence-corrected chi connectivity index (χ4v) is 2.59. The molecule has 0 saturated heterocycles. The third-order valence-corrected chi connectivity index (χ3v) is 4.86. The van der Waals surface area contributed by atoms with E-state index in [1.807, 2.05) is 0 Å². The van der Waals surface area contributed by atoms with Crippen molar-refractivity contribution in [3.63, 3.8) is 0 Å². The van der Waals surface area contributed by atoms with Crippen molar-refractivity contribution < 1.29 is 18.3 Å². The first-order chi connectivity index (χ1) is 9.64. The van der Waals surface area contributed by atoms with Crippen LogP contribution < -0.4 is 5.32 Å². The summed E-state index contributed by atoms with van der Waals surface area (Å²) in [5.41, 5.74) is 1.24. The largest absolute Gasteiger partial charge is 0.393 e. The minimum Gasteiger partial charge on any atom is -0.393 e. The average molecular weight is 314 g/mol. The van der Waals surface area contributed by atoms with E-state index in [0.29, 0.717) is 12.1 Å². The van der Waals surface area contributed by atoms with Gasteiger partial charge in [0.15, 0.2) is 0 Å². The van der Waals surface area contributed by atoms with Crippen molar-refractivity contribution in [2.75, 3.05) is 19.4 Å². The van der Waals surface area contributed by atoms with Crippen molar-refractivity contribution in [2.45, 2.75) is 37.7 Å². The molecule has 21 heavy (non-hydrogen) atoms. The molecule has 7 heteroatoms. The molecule has 1 amide bonds. The van der Waals surface area contributed by atoms with Crippen molar-refractivity contribution in [2.24, 2.45) is 0 Å². The van der Waals surface area contributed by atoms with Gasteiger partial charge in [0.2, 0.25) is 15.9 Å². The number of anilines is 1. The van der Waals surface area contributed by atoms with Crippen molar-refractivity contribution in [1.29, 1.82) is 0 Å². The van der Waals surface area contributed by atoms with Crippen LogP contribution in [0.3, 0.4) is 0 Å². The molecule has 0 radical (unpaired) electrons. The molecule has 0 bridgehead atoms. The molecule has 0 aliphatic rings. The van der Waals surface area contributed by atoms with Crippen LogP contribution in [-0.2, 0) is 14.8 Å². The monoisotopic (exact) mass is 314 g/mol. The molecule has 6 nitrogen and oxygen atoms in total. The highest BCUT2D eigenvalue weighted by atomic mass is 32.2. The molecule has 0 spiro atoms. The van der Waals surface area contributed by atoms with E-state index in [-0.39, 0.29) is 17.2 Å². The second-order valence-electron chi connectivity index (χ2n) is 5.20. The summed E-state index contributed by atoms with van der Waals surface area (Å²) in [6.45, 7) is 3.40. The van der Waals surface area contributed by atoms with Crippen LogP contribution in [0.5, 0.6) is 0 Å². The van der Waals surface area contributed by atoms with E-state index in [1.165, 1.54) is 26.2 Å². The van der Waals surface area contributed by atoms with Crippen LogP contribution in [0.1, 0.15) is 25.3 Å². The van der Waals surface area contributed by atoms with Gasteiger partial charge in [-0.1, -0.05) is 6.07 Å². The van der Waals surface area contributed by atoms with Crippen LogP contribution in [0.4, 0.5) is 5.69 Å². The van der Waals surface area contributed by atoms with E-state index in [0.717, 1.165) is 9.87 Å². The number of benzene rings is 1. The molecule has 0 aromatic heterocycles. The maximum Gasteiger partial charge on any atom is 0.242 e. The number of hydrogen-bond acceptors (Lipinski definition) is 4. The standard InChI is InChI=1S/C14H22N2O4S/c1-10-5-7-12(21(19,20)16(3)4)9-13(10)15-14(18)8-6-11(2)17/h5,7,9,11,17H,6,8H2,1-4H3,(H,15,18). The number of carbonyl (C=O) groups excluding carboxylic acids is 1. The summed E-state index contributed by atoms with van der Waals surface area (Å²) in [5, 5.41) is 11.9. The van der Waals surface area contributed by atoms with Gasteiger partial charge in [-0.2, -0.15) is 0 Å². The lowest BCUT2D eigenvalue weighted by molar-refractivity contribution is -0.116. The number of sulfonamides is 1. The Morgan fingerprint density at radius 3 is 2.52 bits per heavy atom. The van der Waals surface area contributed by atoms with Crippen molar-refractivity contribution in [1.82, 2.24) is 4.31 Å². The Labute approximate surface area is 125 Å². The van der Waals surface area contributed by atoms with E-state index in [1.54, 1.807) is 19.9 Å². The molecule has 1 aromatic carbocycles. The molecule has 1 aromatic rings. The summed E-state index contributed by atoms with van der Waals surface area (Å²) < 4.78 is 25.3. The summed E-state index contributed by atoms with van der Waals surface area (Å²) >= 11 is 0. The molecule has 1 rings (SSSR count). The maximum absolute atomic E-state index is 12.1. The zero-order valence-corrected chi connectivity index (χ0v) is 13.6. The third-order valence-electron chi connectivity index (χ3n) is 3.05. The predicted molar refractivity (Wildman–Crippen MR) is 81.6 cm³/mol. The Morgan fingerprint density at radius 1 is 1.38 bits per heavy atom. The predicted octanol–water partition coefficient (Wildman–Crippen LogP) is 1.34. The number of nitrogens with one attached hydrogen (secondary N) is 1. The van der Waals surface area contributed by atoms with Gasteiger partial charge in [-0.25, -0.2) is 12.7 Å². The zero-order chi connectivity index (χ0) is 16.2. The van der Waals surface area contributed by atoms with Gasteiger partial charge >= 0.3 is 0 Å². The highest BCUT2D eigenvalue weighted by molar-refractivity contribution is 7.89. The second-order valence-corrected chi connectivity index (χ2v) is 7.35. The lowest BCUT2D eigenvalue weighted by Gasteiger charge is -2.14. The minimum atomic E-state index is -3.54. The topological polar surface area (TPSA) is 86.7 Å². The zero-order valence-electron chi connectivity index (χ0n) is 12.8. The lowest BCUT2D eigenvalue weighted by atomic mass is 10.2. The lowest BCUT2D eigenvalue weighted by Crippen LogP contribution is -2.22. The molecular weight excluding hydrogens is 292 g/mol. The number of aliphatic hydroxyl groups is 1. The van der Waals surface area contributed by atoms with E-state index >= 15 is 0 Å². The fraction of sp³-hybridized carbons (Fsp3) is 0.500. The molecule has 118 valence electrons. The van der Waals surface area contributed by atoms with Crippen LogP contribution in [0.2, 0.25) is 0 Å². The Balaban J connectivity index is 2.96. The number of hydrogen-bond donors (Lipinski definition) is 2. The number of aryl methyl sites for hydroxylation is 1. The summed E-state index contributed by atoms with van der Waals surface area (Å²) in [6, 6.07) is 4.61. The van der Waals surface area contributed by atoms with Crippen LogP contribution >= 0.6 is 0 Å². The summed E-state index contributed by atoms with van der Waals surface area (Å²) in [5.74, 6) is -0.251. The van der Waals surface area contributed by atoms with Crippen molar-refractivity contribution in [3.05, 3.63) is 23.8 Å². The van der Waals surface area contributed by atoms with Crippen molar-refractivity contribution in [3.8, 4) is 0 Å². The molecule has 0 saturated carbocycles. The smallest absolute Gasteiger partial charge is 0.242 e. The second kappa shape index (κ2) is 7.02. The number of aliphatic hydroxyl groups excluding tert-OH is 1. The highest BCUT2D eigenvalue weighted by Crippen LogP contribution is 2.22. The van der Waals surface area contributed by atoms with Gasteiger partial charge < -0.3 is 10.4 Å². The third kappa shape index (κ3) is 4.80. The van der Waals surface area contributed by atoms with Crippen LogP contribution in [0.15, 0.2) is 23.1 Å². The first-order valence-corrected chi connectivity index (χ1v) is 8.09.